The highest BCUT2D eigenvalue weighted by molar-refractivity contribution is 7.13. The number of aromatic nitrogens is 2. The average Bonchev–Trinajstić information content (AvgIpc) is 3.73. The molecule has 3 aromatic carbocycles. The Morgan fingerprint density at radius 2 is 1.84 bits per heavy atom. The lowest BCUT2D eigenvalue weighted by Gasteiger charge is -2.13. The van der Waals surface area contributed by atoms with Crippen molar-refractivity contribution in [3.05, 3.63) is 117 Å². The summed E-state index contributed by atoms with van der Waals surface area (Å²) in [6.07, 6.45) is 1.40. The summed E-state index contributed by atoms with van der Waals surface area (Å²) in [5.41, 5.74) is 3.51. The third kappa shape index (κ3) is 5.69. The molecule has 0 spiro atoms. The number of furan rings is 1. The maximum Gasteiger partial charge on any atom is 0.310 e. The predicted octanol–water partition coefficient (Wildman–Crippen LogP) is 7.69. The highest BCUT2D eigenvalue weighted by Crippen LogP contribution is 2.34. The first-order valence-corrected chi connectivity index (χ1v) is 14.5. The van der Waals surface area contributed by atoms with E-state index in [9.17, 15) is 19.7 Å². The number of thiazole rings is 1. The molecule has 216 valence electrons. The molecular weight excluding hydrogens is 566 g/mol. The number of hydrogen-bond donors (Lipinski definition) is 0. The number of fused-ring (bicyclic) bond motifs is 2. The van der Waals surface area contributed by atoms with Crippen LogP contribution in [0.1, 0.15) is 48.0 Å². The van der Waals surface area contributed by atoms with Crippen LogP contribution < -0.4 is 0 Å². The van der Waals surface area contributed by atoms with Gasteiger partial charge in [0.25, 0.3) is 11.6 Å². The molecule has 0 saturated carbocycles. The molecule has 0 N–H and O–H groups in total. The largest absolute Gasteiger partial charge is 0.461 e. The number of carbonyl (C=O) groups is 2. The van der Waals surface area contributed by atoms with Gasteiger partial charge in [0.05, 0.1) is 22.6 Å². The second-order valence-corrected chi connectivity index (χ2v) is 12.1. The van der Waals surface area contributed by atoms with E-state index in [1.165, 1.54) is 34.1 Å². The number of ether oxygens (including phenoxy) is 1. The molecule has 0 atom stereocenters. The van der Waals surface area contributed by atoms with Crippen LogP contribution in [0.15, 0.2) is 88.8 Å². The van der Waals surface area contributed by atoms with Crippen LogP contribution in [0.5, 0.6) is 0 Å². The van der Waals surface area contributed by atoms with Crippen molar-refractivity contribution in [3.8, 4) is 10.8 Å². The molecule has 0 unspecified atom stereocenters. The first kappa shape index (κ1) is 28.0. The maximum atomic E-state index is 13.8. The number of hydrogen-bond acceptors (Lipinski definition) is 8. The van der Waals surface area contributed by atoms with Gasteiger partial charge in [-0.1, -0.05) is 51.1 Å². The highest BCUT2D eigenvalue weighted by Gasteiger charge is 2.22. The quantitative estimate of drug-likeness (QED) is 0.106. The van der Waals surface area contributed by atoms with Crippen LogP contribution in [0.2, 0.25) is 0 Å². The van der Waals surface area contributed by atoms with Gasteiger partial charge in [0.15, 0.2) is 10.8 Å². The van der Waals surface area contributed by atoms with Gasteiger partial charge in [0, 0.05) is 45.5 Å². The lowest BCUT2D eigenvalue weighted by molar-refractivity contribution is -0.384. The third-order valence-electron chi connectivity index (χ3n) is 7.12. The van der Waals surface area contributed by atoms with Crippen molar-refractivity contribution >= 4 is 50.8 Å². The number of nitrogens with zero attached hydrogens (tertiary/aromatic N) is 3. The van der Waals surface area contributed by atoms with Crippen molar-refractivity contribution in [3.63, 3.8) is 0 Å². The number of benzene rings is 3. The van der Waals surface area contributed by atoms with Crippen molar-refractivity contribution < 1.29 is 23.7 Å². The minimum Gasteiger partial charge on any atom is -0.461 e. The Morgan fingerprint density at radius 1 is 1.05 bits per heavy atom. The van der Waals surface area contributed by atoms with Gasteiger partial charge in [-0.2, -0.15) is 0 Å². The first-order valence-electron chi connectivity index (χ1n) is 13.6. The van der Waals surface area contributed by atoms with E-state index in [0.717, 1.165) is 21.7 Å². The van der Waals surface area contributed by atoms with E-state index in [4.69, 9.17) is 14.1 Å². The molecule has 0 fully saturated rings. The second kappa shape index (κ2) is 11.0. The Bertz CT molecular complexity index is 2010. The molecule has 0 bridgehead atoms. The average molecular weight is 594 g/mol. The van der Waals surface area contributed by atoms with E-state index < -0.39 is 10.9 Å². The highest BCUT2D eigenvalue weighted by atomic mass is 32.1. The van der Waals surface area contributed by atoms with Gasteiger partial charge in [-0.05, 0) is 41.5 Å². The standard InChI is InChI=1S/C33H27N3O6S/c1-33(2,3)29-19-43-31(34-29)28-14-22-13-21(9-12-27(22)42-28)32(38)35-17-23(25-16-24(36(39)40)10-11-26(25)35)15-30(37)41-18-20-7-5-4-6-8-20/h4-14,16-17,19H,15,18H2,1-3H3. The van der Waals surface area contributed by atoms with Gasteiger partial charge in [-0.15, -0.1) is 11.3 Å². The lowest BCUT2D eigenvalue weighted by atomic mass is 9.93. The number of nitro groups is 1. The summed E-state index contributed by atoms with van der Waals surface area (Å²) in [6.45, 7) is 6.41. The molecule has 6 aromatic rings. The molecule has 0 aliphatic heterocycles. The number of non-ortho nitro benzene ring substituents is 1. The fourth-order valence-corrected chi connectivity index (χ4v) is 5.80. The Kier molecular flexibility index (Phi) is 7.15. The summed E-state index contributed by atoms with van der Waals surface area (Å²) >= 11 is 1.50. The number of carbonyl (C=O) groups excluding carboxylic acids is 2. The monoisotopic (exact) mass is 593 g/mol. The van der Waals surface area contributed by atoms with E-state index in [0.29, 0.717) is 33.4 Å². The molecule has 0 radical (unpaired) electrons. The van der Waals surface area contributed by atoms with Crippen LogP contribution in [0, 0.1) is 10.1 Å². The normalized spacial score (nSPS) is 11.7. The summed E-state index contributed by atoms with van der Waals surface area (Å²) in [6, 6.07) is 20.5. The summed E-state index contributed by atoms with van der Waals surface area (Å²) in [7, 11) is 0. The third-order valence-corrected chi connectivity index (χ3v) is 7.98. The topological polar surface area (TPSA) is 117 Å². The summed E-state index contributed by atoms with van der Waals surface area (Å²) in [5, 5.41) is 15.5. The van der Waals surface area contributed by atoms with Gasteiger partial charge in [-0.25, -0.2) is 4.98 Å². The van der Waals surface area contributed by atoms with Crippen LogP contribution in [-0.4, -0.2) is 26.4 Å². The van der Waals surface area contributed by atoms with Crippen LogP contribution >= 0.6 is 11.3 Å². The zero-order chi connectivity index (χ0) is 30.3. The van der Waals surface area contributed by atoms with Crippen LogP contribution in [0.4, 0.5) is 5.69 Å². The minimum absolute atomic E-state index is 0.0855. The smallest absolute Gasteiger partial charge is 0.310 e. The van der Waals surface area contributed by atoms with Crippen LogP contribution in [0.3, 0.4) is 0 Å². The molecule has 43 heavy (non-hydrogen) atoms. The Balaban J connectivity index is 1.31. The number of esters is 1. The molecule has 3 aromatic heterocycles. The van der Waals surface area contributed by atoms with Crippen molar-refractivity contribution in [1.29, 1.82) is 0 Å². The summed E-state index contributed by atoms with van der Waals surface area (Å²) in [4.78, 5) is 42.3. The summed E-state index contributed by atoms with van der Waals surface area (Å²) < 4.78 is 12.9. The van der Waals surface area contributed by atoms with Crippen molar-refractivity contribution in [2.45, 2.75) is 39.2 Å². The van der Waals surface area contributed by atoms with Gasteiger partial charge in [-0.3, -0.25) is 24.3 Å². The molecule has 6 rings (SSSR count). The zero-order valence-corrected chi connectivity index (χ0v) is 24.5. The molecule has 0 aliphatic rings. The van der Waals surface area contributed by atoms with E-state index in [2.05, 4.69) is 20.8 Å². The van der Waals surface area contributed by atoms with E-state index in [1.54, 1.807) is 24.4 Å². The zero-order valence-electron chi connectivity index (χ0n) is 23.7. The van der Waals surface area contributed by atoms with Gasteiger partial charge >= 0.3 is 5.97 Å². The van der Waals surface area contributed by atoms with Crippen molar-refractivity contribution in [2.24, 2.45) is 0 Å². The molecule has 0 amide bonds. The van der Waals surface area contributed by atoms with Crippen LogP contribution in [0.25, 0.3) is 32.6 Å². The Morgan fingerprint density at radius 3 is 2.56 bits per heavy atom. The SMILES string of the molecule is CC(C)(C)c1csc(-c2cc3cc(C(=O)n4cc(CC(=O)OCc5ccccc5)c5cc([N+](=O)[O-])ccc54)ccc3o2)n1. The lowest BCUT2D eigenvalue weighted by Crippen LogP contribution is -2.11. The van der Waals surface area contributed by atoms with Gasteiger partial charge in [0.1, 0.15) is 12.2 Å². The van der Waals surface area contributed by atoms with Gasteiger partial charge in [0.2, 0.25) is 0 Å². The molecule has 0 saturated heterocycles. The molecular formula is C33H27N3O6S. The second-order valence-electron chi connectivity index (χ2n) is 11.3. The molecule has 0 aliphatic carbocycles. The van der Waals surface area contributed by atoms with Crippen molar-refractivity contribution in [1.82, 2.24) is 9.55 Å². The van der Waals surface area contributed by atoms with E-state index in [1.807, 2.05) is 41.8 Å². The first-order chi connectivity index (χ1) is 20.6. The number of rotatable bonds is 7. The van der Waals surface area contributed by atoms with Crippen molar-refractivity contribution in [2.75, 3.05) is 0 Å². The Hall–Kier alpha value is -5.09. The predicted molar refractivity (Wildman–Crippen MR) is 164 cm³/mol. The molecule has 3 heterocycles. The van der Waals surface area contributed by atoms with E-state index >= 15 is 0 Å². The van der Waals surface area contributed by atoms with Gasteiger partial charge < -0.3 is 9.15 Å². The fraction of sp³-hybridized carbons (Fsp3) is 0.182. The molecule has 10 heteroatoms. The van der Waals surface area contributed by atoms with E-state index in [-0.39, 0.29) is 30.0 Å². The minimum atomic E-state index is -0.508. The number of nitro benzene ring substituents is 1. The van der Waals surface area contributed by atoms with Crippen LogP contribution in [-0.2, 0) is 28.0 Å². The molecule has 9 nitrogen and oxygen atoms in total. The fourth-order valence-electron chi connectivity index (χ4n) is 4.81. The maximum absolute atomic E-state index is 13.8. The summed E-state index contributed by atoms with van der Waals surface area (Å²) in [5.74, 6) is -0.238. The Labute approximate surface area is 250 Å².